The van der Waals surface area contributed by atoms with Crippen LogP contribution >= 0.6 is 0 Å². The van der Waals surface area contributed by atoms with Crippen molar-refractivity contribution in [3.63, 3.8) is 0 Å². The molecule has 0 aliphatic carbocycles. The van der Waals surface area contributed by atoms with Crippen molar-refractivity contribution in [2.24, 2.45) is 16.1 Å². The first-order valence-electron chi connectivity index (χ1n) is 12.1. The molecular formula is C27H37N3O4S. The number of nitrogens with zero attached hydrogens (tertiary/aromatic N) is 3. The van der Waals surface area contributed by atoms with Crippen LogP contribution in [0, 0.1) is 5.92 Å². The lowest BCUT2D eigenvalue weighted by atomic mass is 10.1. The summed E-state index contributed by atoms with van der Waals surface area (Å²) in [6.45, 7) is 9.10. The molecule has 1 atom stereocenters. The number of azo groups is 1. The number of carbonyl (C=O) groups is 1. The molecule has 0 N–H and O–H groups in total. The van der Waals surface area contributed by atoms with Crippen LogP contribution in [0.5, 0.6) is 0 Å². The number of hydrogen-bond donors (Lipinski definition) is 0. The number of esters is 1. The number of hydrogen-bond acceptors (Lipinski definition) is 7. The summed E-state index contributed by atoms with van der Waals surface area (Å²) in [5.41, 5.74) is 2.47. The third-order valence-electron chi connectivity index (χ3n) is 5.77. The van der Waals surface area contributed by atoms with Crippen molar-refractivity contribution in [3.8, 4) is 0 Å². The molecule has 0 aliphatic heterocycles. The van der Waals surface area contributed by atoms with Gasteiger partial charge < -0.3 is 9.64 Å². The van der Waals surface area contributed by atoms with Crippen LogP contribution in [0.1, 0.15) is 46.0 Å². The van der Waals surface area contributed by atoms with E-state index in [1.807, 2.05) is 24.3 Å². The largest absolute Gasteiger partial charge is 0.463 e. The summed E-state index contributed by atoms with van der Waals surface area (Å²) in [5, 5.41) is 8.50. The van der Waals surface area contributed by atoms with E-state index in [4.69, 9.17) is 4.74 Å². The summed E-state index contributed by atoms with van der Waals surface area (Å²) >= 11 is 0. The summed E-state index contributed by atoms with van der Waals surface area (Å²) in [6.07, 6.45) is 5.09. The molecule has 0 fully saturated rings. The molecule has 0 aromatic heterocycles. The maximum atomic E-state index is 12.6. The van der Waals surface area contributed by atoms with Crippen molar-refractivity contribution < 1.29 is 17.9 Å². The Morgan fingerprint density at radius 2 is 1.57 bits per heavy atom. The van der Waals surface area contributed by atoms with Crippen LogP contribution in [0.25, 0.3) is 0 Å². The number of sulfone groups is 1. The highest BCUT2D eigenvalue weighted by Crippen LogP contribution is 2.24. The fourth-order valence-electron chi connectivity index (χ4n) is 3.41. The minimum Gasteiger partial charge on any atom is -0.463 e. The summed E-state index contributed by atoms with van der Waals surface area (Å²) in [6, 6.07) is 14.4. The van der Waals surface area contributed by atoms with Gasteiger partial charge in [0.1, 0.15) is 0 Å². The van der Waals surface area contributed by atoms with Gasteiger partial charge in [0.2, 0.25) is 0 Å². The number of carbonyl (C=O) groups excluding carboxylic acids is 1. The van der Waals surface area contributed by atoms with Gasteiger partial charge in [-0.1, -0.05) is 39.7 Å². The number of ether oxygens (including phenoxy) is 1. The number of benzene rings is 2. The maximum Gasteiger partial charge on any atom is 0.330 e. The SMILES string of the molecule is C=CC(=O)OCCCCCCS(=O)(=O)c1ccc(N=Nc2ccc(N(C)CC(C)CC)cc2)cc1. The Morgan fingerprint density at radius 1 is 1.00 bits per heavy atom. The molecule has 0 amide bonds. The summed E-state index contributed by atoms with van der Waals surface area (Å²) < 4.78 is 30.1. The van der Waals surface area contributed by atoms with Gasteiger partial charge in [0.15, 0.2) is 9.84 Å². The molecule has 0 bridgehead atoms. The normalized spacial score (nSPS) is 12.4. The number of unbranched alkanes of at least 4 members (excludes halogenated alkanes) is 3. The molecule has 8 heteroatoms. The lowest BCUT2D eigenvalue weighted by Gasteiger charge is -2.22. The molecule has 0 aliphatic rings. The van der Waals surface area contributed by atoms with Gasteiger partial charge >= 0.3 is 5.97 Å². The topological polar surface area (TPSA) is 88.4 Å². The quantitative estimate of drug-likeness (QED) is 0.118. The number of anilines is 1. The molecule has 2 rings (SSSR count). The van der Waals surface area contributed by atoms with Gasteiger partial charge in [-0.2, -0.15) is 10.2 Å². The van der Waals surface area contributed by atoms with E-state index in [1.54, 1.807) is 24.3 Å². The first-order chi connectivity index (χ1) is 16.7. The van der Waals surface area contributed by atoms with Gasteiger partial charge in [0.05, 0.1) is 28.6 Å². The Labute approximate surface area is 209 Å². The molecular weight excluding hydrogens is 462 g/mol. The molecule has 0 saturated carbocycles. The Hall–Kier alpha value is -3.00. The van der Waals surface area contributed by atoms with E-state index in [9.17, 15) is 13.2 Å². The standard InChI is InChI=1S/C27H37N3O4S/c1-5-22(3)21-30(4)25-15-11-23(12-16-25)28-29-24-13-17-26(18-14-24)35(32,33)20-10-8-7-9-19-34-27(31)6-2/h6,11-18,22H,2,5,7-10,19-21H2,1,3-4H3. The lowest BCUT2D eigenvalue weighted by Crippen LogP contribution is -2.23. The predicted molar refractivity (Wildman–Crippen MR) is 141 cm³/mol. The minimum absolute atomic E-state index is 0.0815. The van der Waals surface area contributed by atoms with Gasteiger partial charge in [0, 0.05) is 25.4 Å². The van der Waals surface area contributed by atoms with Crippen molar-refractivity contribution in [2.45, 2.75) is 50.8 Å². The monoisotopic (exact) mass is 499 g/mol. The second-order valence-corrected chi connectivity index (χ2v) is 10.8. The van der Waals surface area contributed by atoms with Crippen LogP contribution in [0.15, 0.2) is 76.3 Å². The van der Waals surface area contributed by atoms with Crippen LogP contribution in [-0.4, -0.2) is 40.3 Å². The Morgan fingerprint density at radius 3 is 2.14 bits per heavy atom. The second-order valence-electron chi connectivity index (χ2n) is 8.71. The molecule has 190 valence electrons. The average molecular weight is 500 g/mol. The first kappa shape index (κ1) is 28.2. The third-order valence-corrected chi connectivity index (χ3v) is 7.58. The molecule has 7 nitrogen and oxygen atoms in total. The molecule has 2 aromatic carbocycles. The highest BCUT2D eigenvalue weighted by atomic mass is 32.2. The summed E-state index contributed by atoms with van der Waals surface area (Å²) in [5.74, 6) is 0.276. The van der Waals surface area contributed by atoms with Crippen LogP contribution in [0.4, 0.5) is 17.1 Å². The Bertz CT molecular complexity index is 1060. The van der Waals surface area contributed by atoms with Crippen LogP contribution in [0.3, 0.4) is 0 Å². The first-order valence-corrected chi connectivity index (χ1v) is 13.8. The van der Waals surface area contributed by atoms with Gasteiger partial charge in [0.25, 0.3) is 0 Å². The summed E-state index contributed by atoms with van der Waals surface area (Å²) in [4.78, 5) is 13.5. The molecule has 1 unspecified atom stereocenters. The zero-order chi connectivity index (χ0) is 25.7. The molecule has 0 saturated heterocycles. The minimum atomic E-state index is -3.35. The molecule has 0 radical (unpaired) electrons. The van der Waals surface area contributed by atoms with Crippen LogP contribution in [0.2, 0.25) is 0 Å². The van der Waals surface area contributed by atoms with E-state index in [2.05, 4.69) is 42.6 Å². The van der Waals surface area contributed by atoms with Crippen LogP contribution in [-0.2, 0) is 19.4 Å². The Balaban J connectivity index is 1.82. The van der Waals surface area contributed by atoms with E-state index in [0.717, 1.165) is 43.3 Å². The summed E-state index contributed by atoms with van der Waals surface area (Å²) in [7, 11) is -1.27. The van der Waals surface area contributed by atoms with Crippen molar-refractivity contribution in [3.05, 3.63) is 61.2 Å². The second kappa shape index (κ2) is 14.4. The smallest absolute Gasteiger partial charge is 0.330 e. The molecule has 35 heavy (non-hydrogen) atoms. The molecule has 2 aromatic rings. The molecule has 0 spiro atoms. The Kier molecular flexibility index (Phi) is 11.6. The van der Waals surface area contributed by atoms with Crippen molar-refractivity contribution in [2.75, 3.05) is 30.9 Å². The zero-order valence-corrected chi connectivity index (χ0v) is 21.8. The maximum absolute atomic E-state index is 12.6. The van der Waals surface area contributed by atoms with E-state index in [-0.39, 0.29) is 10.6 Å². The zero-order valence-electron chi connectivity index (χ0n) is 21.0. The van der Waals surface area contributed by atoms with Gasteiger partial charge in [-0.05, 0) is 67.3 Å². The number of rotatable bonds is 15. The average Bonchev–Trinajstić information content (AvgIpc) is 2.87. The predicted octanol–water partition coefficient (Wildman–Crippen LogP) is 6.65. The van der Waals surface area contributed by atoms with E-state index < -0.39 is 15.8 Å². The van der Waals surface area contributed by atoms with E-state index >= 15 is 0 Å². The lowest BCUT2D eigenvalue weighted by molar-refractivity contribution is -0.137. The van der Waals surface area contributed by atoms with Crippen molar-refractivity contribution >= 4 is 32.9 Å². The van der Waals surface area contributed by atoms with Gasteiger partial charge in [-0.3, -0.25) is 0 Å². The highest BCUT2D eigenvalue weighted by Gasteiger charge is 2.14. The van der Waals surface area contributed by atoms with Gasteiger partial charge in [-0.25, -0.2) is 13.2 Å². The fourth-order valence-corrected chi connectivity index (χ4v) is 4.78. The van der Waals surface area contributed by atoms with Crippen molar-refractivity contribution in [1.29, 1.82) is 0 Å². The third kappa shape index (κ3) is 10.0. The van der Waals surface area contributed by atoms with Crippen molar-refractivity contribution in [1.82, 2.24) is 0 Å². The van der Waals surface area contributed by atoms with E-state index in [0.29, 0.717) is 31.1 Å². The van der Waals surface area contributed by atoms with Crippen LogP contribution < -0.4 is 4.90 Å². The van der Waals surface area contributed by atoms with E-state index in [1.165, 1.54) is 0 Å². The van der Waals surface area contributed by atoms with Gasteiger partial charge in [-0.15, -0.1) is 0 Å². The molecule has 0 heterocycles. The highest BCUT2D eigenvalue weighted by molar-refractivity contribution is 7.91. The fraction of sp³-hybridized carbons (Fsp3) is 0.444.